The summed E-state index contributed by atoms with van der Waals surface area (Å²) >= 11 is 0. The smallest absolute Gasteiger partial charge is 0.416 e. The number of nitrogens with zero attached hydrogens (tertiary/aromatic N) is 3. The predicted molar refractivity (Wildman–Crippen MR) is 71.1 cm³/mol. The van der Waals surface area contributed by atoms with Crippen LogP contribution in [0.1, 0.15) is 23.7 Å². The van der Waals surface area contributed by atoms with E-state index >= 15 is 0 Å². The molecular weight excluding hydrogens is 283 g/mol. The fourth-order valence-electron chi connectivity index (χ4n) is 2.02. The molecule has 0 unspecified atom stereocenters. The highest BCUT2D eigenvalue weighted by Gasteiger charge is 2.31. The summed E-state index contributed by atoms with van der Waals surface area (Å²) in [4.78, 5) is 0. The Morgan fingerprint density at radius 2 is 2.00 bits per heavy atom. The topological polar surface area (TPSA) is 39.9 Å². The molecule has 1 aromatic heterocycles. The minimum atomic E-state index is -4.35. The number of alkyl halides is 3. The zero-order valence-corrected chi connectivity index (χ0v) is 11.8. The Balaban J connectivity index is 2.17. The minimum absolute atomic E-state index is 0.412. The number of ether oxygens (including phenoxy) is 1. The third kappa shape index (κ3) is 3.74. The maximum atomic E-state index is 12.7. The predicted octanol–water partition coefficient (Wildman–Crippen LogP) is 3.11. The summed E-state index contributed by atoms with van der Waals surface area (Å²) in [6.45, 7) is 2.65. The van der Waals surface area contributed by atoms with Crippen LogP contribution in [0.2, 0.25) is 0 Å². The Kier molecular flexibility index (Phi) is 4.50. The van der Waals surface area contributed by atoms with Crippen LogP contribution in [0.25, 0.3) is 0 Å². The molecule has 0 aliphatic carbocycles. The van der Waals surface area contributed by atoms with Gasteiger partial charge in [-0.3, -0.25) is 4.68 Å². The average Bonchev–Trinajstić information content (AvgIpc) is 2.91. The number of hydrogen-bond acceptors (Lipinski definition) is 3. The van der Waals surface area contributed by atoms with E-state index in [1.54, 1.807) is 10.9 Å². The first kappa shape index (κ1) is 15.3. The van der Waals surface area contributed by atoms with Gasteiger partial charge in [-0.2, -0.15) is 13.2 Å². The van der Waals surface area contributed by atoms with Crippen LogP contribution >= 0.6 is 0 Å². The highest BCUT2D eigenvalue weighted by molar-refractivity contribution is 5.38. The Bertz CT molecular complexity index is 608. The molecule has 114 valence electrons. The van der Waals surface area contributed by atoms with Gasteiger partial charge in [0.2, 0.25) is 0 Å². The molecule has 0 saturated heterocycles. The highest BCUT2D eigenvalue weighted by Crippen LogP contribution is 2.32. The van der Waals surface area contributed by atoms with E-state index in [1.807, 2.05) is 6.92 Å². The molecule has 0 aliphatic rings. The van der Waals surface area contributed by atoms with E-state index in [0.717, 1.165) is 17.8 Å². The average molecular weight is 299 g/mol. The van der Waals surface area contributed by atoms with Crippen molar-refractivity contribution < 1.29 is 17.9 Å². The van der Waals surface area contributed by atoms with Crippen LogP contribution < -0.4 is 4.74 Å². The summed E-state index contributed by atoms with van der Waals surface area (Å²) in [5, 5.41) is 7.88. The lowest BCUT2D eigenvalue weighted by molar-refractivity contribution is -0.137. The van der Waals surface area contributed by atoms with Gasteiger partial charge in [0.25, 0.3) is 0 Å². The number of hydrogen-bond donors (Lipinski definition) is 0. The van der Waals surface area contributed by atoms with Crippen LogP contribution in [-0.4, -0.2) is 22.1 Å². The number of aromatic nitrogens is 3. The maximum absolute atomic E-state index is 12.7. The summed E-state index contributed by atoms with van der Waals surface area (Å²) < 4.78 is 45.0. The van der Waals surface area contributed by atoms with Crippen molar-refractivity contribution in [3.63, 3.8) is 0 Å². The van der Waals surface area contributed by atoms with E-state index in [-0.39, 0.29) is 0 Å². The summed E-state index contributed by atoms with van der Waals surface area (Å²) in [6, 6.07) is 3.50. The van der Waals surface area contributed by atoms with E-state index in [4.69, 9.17) is 4.74 Å². The van der Waals surface area contributed by atoms with Gasteiger partial charge in [-0.15, -0.1) is 5.10 Å². The van der Waals surface area contributed by atoms with Gasteiger partial charge in [0.15, 0.2) is 0 Å². The van der Waals surface area contributed by atoms with Crippen LogP contribution in [0.5, 0.6) is 5.75 Å². The second-order valence-electron chi connectivity index (χ2n) is 4.59. The van der Waals surface area contributed by atoms with Gasteiger partial charge in [0, 0.05) is 12.7 Å². The third-order valence-corrected chi connectivity index (χ3v) is 3.17. The molecule has 0 atom stereocenters. The lowest BCUT2D eigenvalue weighted by atomic mass is 10.0. The minimum Gasteiger partial charge on any atom is -0.496 e. The van der Waals surface area contributed by atoms with Gasteiger partial charge in [0.1, 0.15) is 5.75 Å². The molecule has 0 spiro atoms. The zero-order valence-electron chi connectivity index (χ0n) is 11.8. The maximum Gasteiger partial charge on any atom is 0.416 e. The molecule has 0 bridgehead atoms. The standard InChI is InChI=1S/C14H16F3N3O/c1-3-20-9-12(18-19-20)6-4-10-8-11(14(15,16)17)5-7-13(10)21-2/h5,7-9H,3-4,6H2,1-2H3. The van der Waals surface area contributed by atoms with Crippen LogP contribution in [0.3, 0.4) is 0 Å². The van der Waals surface area contributed by atoms with Gasteiger partial charge in [-0.1, -0.05) is 5.21 Å². The van der Waals surface area contributed by atoms with Crippen molar-refractivity contribution in [1.82, 2.24) is 15.0 Å². The number of methoxy groups -OCH3 is 1. The van der Waals surface area contributed by atoms with Gasteiger partial charge in [-0.05, 0) is 43.5 Å². The normalized spacial score (nSPS) is 11.7. The van der Waals surface area contributed by atoms with E-state index in [0.29, 0.717) is 30.7 Å². The lowest BCUT2D eigenvalue weighted by Crippen LogP contribution is -2.06. The first-order valence-corrected chi connectivity index (χ1v) is 6.57. The molecule has 0 aliphatic heterocycles. The van der Waals surface area contributed by atoms with Crippen molar-refractivity contribution in [2.45, 2.75) is 32.5 Å². The molecule has 2 aromatic rings. The third-order valence-electron chi connectivity index (χ3n) is 3.17. The molecule has 0 fully saturated rings. The molecule has 0 radical (unpaired) electrons. The summed E-state index contributed by atoms with van der Waals surface area (Å²) in [5.74, 6) is 0.450. The van der Waals surface area contributed by atoms with Crippen LogP contribution in [0.15, 0.2) is 24.4 Å². The summed E-state index contributed by atoms with van der Waals surface area (Å²) in [7, 11) is 1.44. The van der Waals surface area contributed by atoms with Crippen molar-refractivity contribution in [3.05, 3.63) is 41.2 Å². The van der Waals surface area contributed by atoms with E-state index in [2.05, 4.69) is 10.3 Å². The molecule has 0 amide bonds. The molecule has 1 heterocycles. The van der Waals surface area contributed by atoms with Crippen molar-refractivity contribution in [3.8, 4) is 5.75 Å². The first-order chi connectivity index (χ1) is 9.94. The molecule has 0 N–H and O–H groups in total. The first-order valence-electron chi connectivity index (χ1n) is 6.57. The monoisotopic (exact) mass is 299 g/mol. The quantitative estimate of drug-likeness (QED) is 0.851. The molecular formula is C14H16F3N3O. The number of halogens is 3. The van der Waals surface area contributed by atoms with Crippen LogP contribution in [0.4, 0.5) is 13.2 Å². The molecule has 2 rings (SSSR count). The van der Waals surface area contributed by atoms with Gasteiger partial charge < -0.3 is 4.74 Å². The second kappa shape index (κ2) is 6.15. The van der Waals surface area contributed by atoms with Gasteiger partial charge >= 0.3 is 6.18 Å². The second-order valence-corrected chi connectivity index (χ2v) is 4.59. The van der Waals surface area contributed by atoms with Crippen molar-refractivity contribution >= 4 is 0 Å². The molecule has 0 saturated carbocycles. The Labute approximate surface area is 120 Å². The summed E-state index contributed by atoms with van der Waals surface area (Å²) in [6.07, 6.45) is -1.64. The number of aryl methyl sites for hydroxylation is 3. The zero-order chi connectivity index (χ0) is 15.5. The van der Waals surface area contributed by atoms with Crippen molar-refractivity contribution in [2.24, 2.45) is 0 Å². The Morgan fingerprint density at radius 1 is 1.24 bits per heavy atom. The van der Waals surface area contributed by atoms with E-state index in [9.17, 15) is 13.2 Å². The van der Waals surface area contributed by atoms with Crippen molar-refractivity contribution in [2.75, 3.05) is 7.11 Å². The SMILES string of the molecule is CCn1cc(CCc2cc(C(F)(F)F)ccc2OC)nn1. The fraction of sp³-hybridized carbons (Fsp3) is 0.429. The largest absolute Gasteiger partial charge is 0.496 e. The number of rotatable bonds is 5. The molecule has 4 nitrogen and oxygen atoms in total. The molecule has 7 heteroatoms. The molecule has 1 aromatic carbocycles. The molecule has 21 heavy (non-hydrogen) atoms. The van der Waals surface area contributed by atoms with Crippen LogP contribution in [-0.2, 0) is 25.6 Å². The van der Waals surface area contributed by atoms with Gasteiger partial charge in [-0.25, -0.2) is 0 Å². The summed E-state index contributed by atoms with van der Waals surface area (Å²) in [5.41, 5.74) is 0.588. The van der Waals surface area contributed by atoms with E-state index in [1.165, 1.54) is 13.2 Å². The fourth-order valence-corrected chi connectivity index (χ4v) is 2.02. The number of benzene rings is 1. The lowest BCUT2D eigenvalue weighted by Gasteiger charge is -2.12. The van der Waals surface area contributed by atoms with E-state index < -0.39 is 11.7 Å². The van der Waals surface area contributed by atoms with Crippen molar-refractivity contribution in [1.29, 1.82) is 0 Å². The Hall–Kier alpha value is -2.05. The highest BCUT2D eigenvalue weighted by atomic mass is 19.4. The Morgan fingerprint density at radius 3 is 2.57 bits per heavy atom. The van der Waals surface area contributed by atoms with Crippen LogP contribution in [0, 0.1) is 0 Å². The van der Waals surface area contributed by atoms with Gasteiger partial charge in [0.05, 0.1) is 18.4 Å².